The second-order valence-corrected chi connectivity index (χ2v) is 10.1. The van der Waals surface area contributed by atoms with Gasteiger partial charge in [-0.05, 0) is 24.6 Å². The van der Waals surface area contributed by atoms with Crippen LogP contribution >= 0.6 is 11.3 Å². The first kappa shape index (κ1) is 22.7. The third-order valence-electron chi connectivity index (χ3n) is 6.60. The van der Waals surface area contributed by atoms with Gasteiger partial charge in [0.2, 0.25) is 0 Å². The van der Waals surface area contributed by atoms with E-state index in [1.807, 2.05) is 30.1 Å². The number of carbonyl (C=O) groups is 1. The number of aromatic nitrogens is 1. The number of nitro groups is 1. The summed E-state index contributed by atoms with van der Waals surface area (Å²) in [6.07, 6.45) is 0. The Morgan fingerprint density at radius 2 is 1.77 bits per heavy atom. The molecule has 10 heteroatoms. The molecule has 35 heavy (non-hydrogen) atoms. The van der Waals surface area contributed by atoms with Crippen LogP contribution in [0.1, 0.15) is 26.3 Å². The predicted octanol–water partition coefficient (Wildman–Crippen LogP) is 2.46. The smallest absolute Gasteiger partial charge is 0.283 e. The molecule has 0 N–H and O–H groups in total. The topological polar surface area (TPSA) is 101 Å². The number of amides is 1. The summed E-state index contributed by atoms with van der Waals surface area (Å²) in [4.78, 5) is 39.6. The number of carbonyl (C=O) groups excluding carboxylic acids is 1. The molecular formula is C25H23N5O4S. The molecule has 0 fully saturated rings. The molecular weight excluding hydrogens is 466 g/mol. The lowest BCUT2D eigenvalue weighted by molar-refractivity contribution is -0.384. The number of para-hydroxylation sites is 1. The first-order valence-corrected chi connectivity index (χ1v) is 11.8. The summed E-state index contributed by atoms with van der Waals surface area (Å²) in [5.74, 6) is -0.432. The number of anilines is 2. The van der Waals surface area contributed by atoms with E-state index >= 15 is 0 Å². The zero-order chi connectivity index (χ0) is 25.2. The number of benzene rings is 2. The number of non-ortho nitro benzene ring substituents is 1. The monoisotopic (exact) mass is 489 g/mol. The van der Waals surface area contributed by atoms with E-state index in [9.17, 15) is 19.7 Å². The van der Waals surface area contributed by atoms with E-state index in [4.69, 9.17) is 0 Å². The van der Waals surface area contributed by atoms with E-state index in [0.717, 1.165) is 22.0 Å². The fourth-order valence-corrected chi connectivity index (χ4v) is 6.35. The first-order chi connectivity index (χ1) is 16.5. The molecule has 1 amide bonds. The van der Waals surface area contributed by atoms with Crippen LogP contribution in [0, 0.1) is 10.1 Å². The van der Waals surface area contributed by atoms with Gasteiger partial charge in [-0.1, -0.05) is 38.1 Å². The number of hydrazone groups is 1. The quantitative estimate of drug-likeness (QED) is 0.407. The zero-order valence-electron chi connectivity index (χ0n) is 19.9. The van der Waals surface area contributed by atoms with Gasteiger partial charge in [0.1, 0.15) is 9.20 Å². The molecule has 5 rings (SSSR count). The van der Waals surface area contributed by atoms with E-state index in [0.29, 0.717) is 26.2 Å². The number of fused-ring (bicyclic) bond motifs is 1. The standard InChI is InChI=1S/C25H23N5O4S/c1-14-19(22(31)29(26-14)15-9-8-10-16(13-15)30(33)34)24-28(5)23(32)20(35-24)21-25(2,3)17-11-6-7-12-18(17)27(21)4/h6-13H,1-5H3. The van der Waals surface area contributed by atoms with E-state index in [2.05, 4.69) is 25.0 Å². The highest BCUT2D eigenvalue weighted by Crippen LogP contribution is 2.46. The summed E-state index contributed by atoms with van der Waals surface area (Å²) in [7, 11) is 3.60. The van der Waals surface area contributed by atoms with E-state index in [1.165, 1.54) is 34.1 Å². The summed E-state index contributed by atoms with van der Waals surface area (Å²) in [5.41, 5.74) is 3.38. The van der Waals surface area contributed by atoms with Crippen LogP contribution in [-0.2, 0) is 17.3 Å². The van der Waals surface area contributed by atoms with Gasteiger partial charge in [0.25, 0.3) is 17.2 Å². The molecule has 0 spiro atoms. The van der Waals surface area contributed by atoms with Crippen LogP contribution in [0.5, 0.6) is 0 Å². The highest BCUT2D eigenvalue weighted by atomic mass is 32.1. The van der Waals surface area contributed by atoms with Crippen molar-refractivity contribution in [1.82, 2.24) is 4.57 Å². The summed E-state index contributed by atoms with van der Waals surface area (Å²) in [6, 6.07) is 13.8. The number of nitrogens with zero attached hydrogens (tertiary/aromatic N) is 5. The molecule has 0 unspecified atom stereocenters. The maximum Gasteiger partial charge on any atom is 0.283 e. The van der Waals surface area contributed by atoms with Crippen molar-refractivity contribution in [3.8, 4) is 0 Å². The lowest BCUT2D eigenvalue weighted by Crippen LogP contribution is -2.37. The third-order valence-corrected chi connectivity index (χ3v) is 7.84. The Kier molecular flexibility index (Phi) is 5.03. The van der Waals surface area contributed by atoms with Crippen molar-refractivity contribution in [3.05, 3.63) is 83.8 Å². The van der Waals surface area contributed by atoms with Crippen LogP contribution in [-0.4, -0.2) is 28.2 Å². The van der Waals surface area contributed by atoms with Crippen molar-refractivity contribution < 1.29 is 9.72 Å². The Hall–Kier alpha value is -4.05. The highest BCUT2D eigenvalue weighted by molar-refractivity contribution is 7.08. The summed E-state index contributed by atoms with van der Waals surface area (Å²) >= 11 is 1.27. The molecule has 178 valence electrons. The Morgan fingerprint density at radius 3 is 2.46 bits per heavy atom. The minimum atomic E-state index is -0.518. The fraction of sp³-hybridized carbons (Fsp3) is 0.240. The largest absolute Gasteiger partial charge is 0.346 e. The van der Waals surface area contributed by atoms with Gasteiger partial charge in [0.15, 0.2) is 0 Å². The fourth-order valence-electron chi connectivity index (χ4n) is 4.89. The van der Waals surface area contributed by atoms with E-state index in [1.54, 1.807) is 20.0 Å². The van der Waals surface area contributed by atoms with Gasteiger partial charge in [-0.3, -0.25) is 19.7 Å². The number of hydrogen-bond acceptors (Lipinski definition) is 7. The third kappa shape index (κ3) is 3.24. The van der Waals surface area contributed by atoms with Crippen LogP contribution < -0.4 is 24.7 Å². The van der Waals surface area contributed by atoms with E-state index in [-0.39, 0.29) is 11.2 Å². The maximum absolute atomic E-state index is 13.5. The molecule has 2 aliphatic rings. The normalized spacial score (nSPS) is 19.8. The molecule has 0 saturated heterocycles. The van der Waals surface area contributed by atoms with Gasteiger partial charge in [0.05, 0.1) is 27.6 Å². The van der Waals surface area contributed by atoms with Gasteiger partial charge in [-0.25, -0.2) is 0 Å². The Balaban J connectivity index is 1.72. The van der Waals surface area contributed by atoms with Crippen LogP contribution in [0.25, 0.3) is 11.3 Å². The molecule has 1 aromatic heterocycles. The van der Waals surface area contributed by atoms with Crippen LogP contribution in [0.2, 0.25) is 0 Å². The molecule has 0 aliphatic carbocycles. The summed E-state index contributed by atoms with van der Waals surface area (Å²) in [6.45, 7) is 5.88. The Bertz CT molecular complexity index is 1650. The lowest BCUT2D eigenvalue weighted by atomic mass is 9.84. The van der Waals surface area contributed by atoms with Crippen molar-refractivity contribution in [2.24, 2.45) is 12.1 Å². The molecule has 0 radical (unpaired) electrons. The minimum absolute atomic E-state index is 0.134. The molecule has 3 aromatic rings. The molecule has 2 aliphatic heterocycles. The number of thiazole rings is 1. The predicted molar refractivity (Wildman–Crippen MR) is 137 cm³/mol. The van der Waals surface area contributed by atoms with Crippen molar-refractivity contribution in [2.45, 2.75) is 26.2 Å². The highest BCUT2D eigenvalue weighted by Gasteiger charge is 2.40. The van der Waals surface area contributed by atoms with Crippen LogP contribution in [0.15, 0.2) is 58.4 Å². The van der Waals surface area contributed by atoms with Gasteiger partial charge in [0, 0.05) is 37.3 Å². The number of rotatable bonds is 2. The molecule has 9 nitrogen and oxygen atoms in total. The van der Waals surface area contributed by atoms with Crippen molar-refractivity contribution in [3.63, 3.8) is 0 Å². The van der Waals surface area contributed by atoms with Crippen molar-refractivity contribution >= 4 is 51.3 Å². The first-order valence-electron chi connectivity index (χ1n) is 11.0. The molecule has 0 atom stereocenters. The van der Waals surface area contributed by atoms with Gasteiger partial charge < -0.3 is 9.47 Å². The second-order valence-electron chi connectivity index (χ2n) is 9.10. The van der Waals surface area contributed by atoms with Crippen molar-refractivity contribution in [1.29, 1.82) is 0 Å². The SMILES string of the molecule is CC1=NN(c2cccc([N+](=O)[O-])c2)C(=O)C1=c1sc(=C2N(C)c3ccccc3C2(C)C)c(=O)n1C. The molecule has 2 aromatic carbocycles. The second kappa shape index (κ2) is 7.74. The average Bonchev–Trinajstić information content (AvgIpc) is 3.35. The van der Waals surface area contributed by atoms with E-state index < -0.39 is 16.2 Å². The number of hydrogen-bond donors (Lipinski definition) is 0. The van der Waals surface area contributed by atoms with Crippen LogP contribution in [0.3, 0.4) is 0 Å². The summed E-state index contributed by atoms with van der Waals surface area (Å²) < 4.78 is 2.55. The lowest BCUT2D eigenvalue weighted by Gasteiger charge is -2.23. The number of nitro benzene ring substituents is 1. The Morgan fingerprint density at radius 1 is 1.06 bits per heavy atom. The Labute approximate surface area is 204 Å². The summed E-state index contributed by atoms with van der Waals surface area (Å²) in [5, 5.41) is 16.7. The van der Waals surface area contributed by atoms with Gasteiger partial charge in [-0.15, -0.1) is 11.3 Å². The van der Waals surface area contributed by atoms with Crippen molar-refractivity contribution in [2.75, 3.05) is 17.0 Å². The molecule has 0 bridgehead atoms. The molecule has 3 heterocycles. The molecule has 0 saturated carbocycles. The van der Waals surface area contributed by atoms with Gasteiger partial charge in [-0.2, -0.15) is 10.1 Å². The zero-order valence-corrected chi connectivity index (χ0v) is 20.7. The van der Waals surface area contributed by atoms with Gasteiger partial charge >= 0.3 is 0 Å². The number of likely N-dealkylation sites (N-methyl/N-ethyl adjacent to an activating group) is 1. The minimum Gasteiger partial charge on any atom is -0.346 e. The van der Waals surface area contributed by atoms with Crippen LogP contribution in [0.4, 0.5) is 17.1 Å². The average molecular weight is 490 g/mol. The maximum atomic E-state index is 13.5.